The summed E-state index contributed by atoms with van der Waals surface area (Å²) in [6.45, 7) is 5.00. The van der Waals surface area contributed by atoms with E-state index in [2.05, 4.69) is 9.88 Å². The van der Waals surface area contributed by atoms with Gasteiger partial charge in [-0.3, -0.25) is 14.5 Å². The summed E-state index contributed by atoms with van der Waals surface area (Å²) in [5.41, 5.74) is 1.03. The van der Waals surface area contributed by atoms with Crippen molar-refractivity contribution in [1.82, 2.24) is 19.0 Å². The summed E-state index contributed by atoms with van der Waals surface area (Å²) in [7, 11) is 1.55. The molecule has 0 bridgehead atoms. The molecule has 0 spiro atoms. The average Bonchev–Trinajstić information content (AvgIpc) is 3.33. The molecule has 1 saturated heterocycles. The van der Waals surface area contributed by atoms with Crippen LogP contribution in [0.3, 0.4) is 0 Å². The lowest BCUT2D eigenvalue weighted by atomic mass is 10.1. The Labute approximate surface area is 263 Å². The van der Waals surface area contributed by atoms with Gasteiger partial charge >= 0.3 is 5.69 Å². The fraction of sp³-hybridized carbons (Fsp3) is 0.273. The van der Waals surface area contributed by atoms with Crippen molar-refractivity contribution in [3.8, 4) is 34.6 Å². The topological polar surface area (TPSA) is 100 Å². The van der Waals surface area contributed by atoms with Gasteiger partial charge in [0.1, 0.15) is 5.75 Å². The molecule has 0 amide bonds. The first-order valence-electron chi connectivity index (χ1n) is 14.5. The number of morpholine rings is 1. The summed E-state index contributed by atoms with van der Waals surface area (Å²) in [6, 6.07) is 16.2. The molecular formula is C33H32ClFN4O6. The van der Waals surface area contributed by atoms with Crippen molar-refractivity contribution in [3.05, 3.63) is 99.9 Å². The monoisotopic (exact) mass is 634 g/mol. The largest absolute Gasteiger partial charge is 0.493 e. The molecule has 5 aromatic rings. The van der Waals surface area contributed by atoms with Crippen molar-refractivity contribution in [2.45, 2.75) is 13.0 Å². The third-order valence-corrected chi connectivity index (χ3v) is 7.82. The molecule has 1 aliphatic heterocycles. The fourth-order valence-corrected chi connectivity index (χ4v) is 5.36. The van der Waals surface area contributed by atoms with E-state index in [0.29, 0.717) is 39.8 Å². The summed E-state index contributed by atoms with van der Waals surface area (Å²) in [5.74, 6) is 0.301. The zero-order valence-corrected chi connectivity index (χ0v) is 25.4. The minimum atomic E-state index is -0.721. The number of fused-ring (bicyclic) bond motifs is 1. The van der Waals surface area contributed by atoms with Gasteiger partial charge in [-0.25, -0.2) is 13.8 Å². The molecule has 0 radical (unpaired) electrons. The molecule has 234 valence electrons. The molecule has 0 atom stereocenters. The number of halogens is 2. The van der Waals surface area contributed by atoms with Crippen molar-refractivity contribution < 1.29 is 28.4 Å². The van der Waals surface area contributed by atoms with Crippen LogP contribution in [-0.2, 0) is 11.3 Å². The van der Waals surface area contributed by atoms with Crippen molar-refractivity contribution in [2.75, 3.05) is 46.6 Å². The molecule has 2 aromatic heterocycles. The van der Waals surface area contributed by atoms with Crippen molar-refractivity contribution in [1.29, 1.82) is 0 Å². The van der Waals surface area contributed by atoms with Gasteiger partial charge in [-0.05, 0) is 48.4 Å². The maximum atomic E-state index is 15.4. The highest BCUT2D eigenvalue weighted by Crippen LogP contribution is 2.38. The molecular weight excluding hydrogens is 603 g/mol. The first-order chi connectivity index (χ1) is 21.9. The normalized spacial score (nSPS) is 13.7. The predicted octanol–water partition coefficient (Wildman–Crippen LogP) is 5.64. The number of aromatic hydroxyl groups is 1. The third-order valence-electron chi connectivity index (χ3n) is 7.56. The van der Waals surface area contributed by atoms with Crippen LogP contribution in [0.15, 0.2) is 77.9 Å². The van der Waals surface area contributed by atoms with Gasteiger partial charge in [-0.15, -0.1) is 0 Å². The average molecular weight is 635 g/mol. The Hall–Kier alpha value is -4.58. The maximum Gasteiger partial charge on any atom is 0.336 e. The van der Waals surface area contributed by atoms with Crippen molar-refractivity contribution >= 4 is 22.5 Å². The lowest BCUT2D eigenvalue weighted by Crippen LogP contribution is -2.37. The Morgan fingerprint density at radius 2 is 1.80 bits per heavy atom. The number of benzene rings is 3. The second-order valence-corrected chi connectivity index (χ2v) is 11.0. The Bertz CT molecular complexity index is 1850. The van der Waals surface area contributed by atoms with Gasteiger partial charge in [-0.2, -0.15) is 0 Å². The third kappa shape index (κ3) is 6.90. The second kappa shape index (κ2) is 13.6. The Morgan fingerprint density at radius 1 is 1.00 bits per heavy atom. The zero-order chi connectivity index (χ0) is 31.3. The number of ether oxygens (including phenoxy) is 4. The van der Waals surface area contributed by atoms with Crippen LogP contribution >= 0.6 is 11.6 Å². The minimum Gasteiger partial charge on any atom is -0.493 e. The summed E-state index contributed by atoms with van der Waals surface area (Å²) < 4.78 is 40.7. The highest BCUT2D eigenvalue weighted by Gasteiger charge is 2.17. The first-order valence-corrected chi connectivity index (χ1v) is 14.9. The molecule has 1 aliphatic rings. The highest BCUT2D eigenvalue weighted by atomic mass is 35.5. The van der Waals surface area contributed by atoms with Crippen LogP contribution in [0.4, 0.5) is 4.39 Å². The molecule has 1 N–H and O–H groups in total. The lowest BCUT2D eigenvalue weighted by molar-refractivity contribution is 0.0357. The van der Waals surface area contributed by atoms with Gasteiger partial charge in [-0.1, -0.05) is 23.7 Å². The van der Waals surface area contributed by atoms with Crippen LogP contribution in [0.2, 0.25) is 5.02 Å². The van der Waals surface area contributed by atoms with Crippen LogP contribution < -0.4 is 19.9 Å². The number of hydrogen-bond acceptors (Lipinski definition) is 8. The Kier molecular flexibility index (Phi) is 9.20. The van der Waals surface area contributed by atoms with Gasteiger partial charge < -0.3 is 24.1 Å². The zero-order valence-electron chi connectivity index (χ0n) is 24.6. The fourth-order valence-electron chi connectivity index (χ4n) is 5.24. The van der Waals surface area contributed by atoms with Crippen molar-refractivity contribution in [3.63, 3.8) is 0 Å². The standard InChI is InChI=1S/C33H32ClFN4O6/c1-42-30-18-25-27(19-31(30)44-14-2-11-37-12-15-43-16-13-37)36-10-9-28(25)45-29-8-7-24(17-26(29)35)39-32(40)21-38(33(39)41)20-22-3-5-23(34)6-4-22/h3-10,17-19,21,40H,2,11-16,20H2,1H3. The van der Waals surface area contributed by atoms with E-state index in [1.807, 2.05) is 0 Å². The predicted molar refractivity (Wildman–Crippen MR) is 168 cm³/mol. The SMILES string of the molecule is COc1cc2c(Oc3ccc(-n4c(O)cn(Cc5ccc(Cl)cc5)c4=O)cc3F)ccnc2cc1OCCCN1CCOCC1. The molecule has 6 rings (SSSR count). The minimum absolute atomic E-state index is 0.0678. The van der Waals surface area contributed by atoms with E-state index >= 15 is 4.39 Å². The van der Waals surface area contributed by atoms with Crippen LogP contribution in [0.25, 0.3) is 16.6 Å². The number of hydrogen-bond donors (Lipinski definition) is 1. The van der Waals surface area contributed by atoms with Crippen LogP contribution in [0.1, 0.15) is 12.0 Å². The van der Waals surface area contributed by atoms with E-state index in [-0.39, 0.29) is 23.9 Å². The number of aromatic nitrogens is 3. The molecule has 3 heterocycles. The summed E-state index contributed by atoms with van der Waals surface area (Å²) in [5, 5.41) is 11.7. The van der Waals surface area contributed by atoms with Crippen LogP contribution in [0, 0.1) is 5.82 Å². The van der Waals surface area contributed by atoms with Gasteiger partial charge in [0.05, 0.1) is 50.9 Å². The molecule has 10 nitrogen and oxygen atoms in total. The summed E-state index contributed by atoms with van der Waals surface area (Å²) in [6.07, 6.45) is 3.72. The smallest absolute Gasteiger partial charge is 0.336 e. The molecule has 0 aliphatic carbocycles. The summed E-state index contributed by atoms with van der Waals surface area (Å²) >= 11 is 5.95. The quantitative estimate of drug-likeness (QED) is 0.187. The summed E-state index contributed by atoms with van der Waals surface area (Å²) in [4.78, 5) is 19.9. The number of rotatable bonds is 11. The van der Waals surface area contributed by atoms with Crippen LogP contribution in [0.5, 0.6) is 28.9 Å². The Morgan fingerprint density at radius 3 is 2.56 bits per heavy atom. The van der Waals surface area contributed by atoms with Crippen LogP contribution in [-0.4, -0.2) is 70.7 Å². The number of imidazole rings is 1. The van der Waals surface area contributed by atoms with E-state index in [1.54, 1.807) is 55.8 Å². The molecule has 1 fully saturated rings. The molecule has 12 heteroatoms. The van der Waals surface area contributed by atoms with Gasteiger partial charge in [0.25, 0.3) is 0 Å². The van der Waals surface area contributed by atoms with Gasteiger partial charge in [0.15, 0.2) is 23.1 Å². The van der Waals surface area contributed by atoms with E-state index in [4.69, 9.17) is 30.5 Å². The maximum absolute atomic E-state index is 15.4. The highest BCUT2D eigenvalue weighted by molar-refractivity contribution is 6.30. The van der Waals surface area contributed by atoms with E-state index < -0.39 is 11.5 Å². The van der Waals surface area contributed by atoms with Gasteiger partial charge in [0.2, 0.25) is 5.88 Å². The Balaban J connectivity index is 1.18. The van der Waals surface area contributed by atoms with E-state index in [0.717, 1.165) is 55.5 Å². The molecule has 0 saturated carbocycles. The van der Waals surface area contributed by atoms with E-state index in [9.17, 15) is 9.90 Å². The van der Waals surface area contributed by atoms with Crippen molar-refractivity contribution in [2.24, 2.45) is 0 Å². The van der Waals surface area contributed by atoms with E-state index in [1.165, 1.54) is 22.9 Å². The molecule has 0 unspecified atom stereocenters. The second-order valence-electron chi connectivity index (χ2n) is 10.6. The number of pyridine rings is 1. The number of nitrogens with zero attached hydrogens (tertiary/aromatic N) is 4. The van der Waals surface area contributed by atoms with Gasteiger partial charge in [0, 0.05) is 48.4 Å². The molecule has 3 aromatic carbocycles. The lowest BCUT2D eigenvalue weighted by Gasteiger charge is -2.26. The number of methoxy groups -OCH3 is 1. The first kappa shape index (κ1) is 30.4. The molecule has 45 heavy (non-hydrogen) atoms.